The lowest BCUT2D eigenvalue weighted by atomic mass is 9.90. The molecular formula is C7H14FN. The van der Waals surface area contributed by atoms with Gasteiger partial charge in [0.25, 0.3) is 0 Å². The zero-order valence-corrected chi connectivity index (χ0v) is 6.10. The van der Waals surface area contributed by atoms with Crippen LogP contribution in [0, 0.1) is 11.8 Å². The Labute approximate surface area is 55.8 Å². The van der Waals surface area contributed by atoms with Crippen LogP contribution in [-0.2, 0) is 0 Å². The van der Waals surface area contributed by atoms with Crippen LogP contribution < -0.4 is 0 Å². The first kappa shape index (κ1) is 7.00. The van der Waals surface area contributed by atoms with Gasteiger partial charge in [-0.05, 0) is 18.3 Å². The first-order valence-electron chi connectivity index (χ1n) is 3.61. The second-order valence-electron chi connectivity index (χ2n) is 3.11. The van der Waals surface area contributed by atoms with Gasteiger partial charge >= 0.3 is 0 Å². The van der Waals surface area contributed by atoms with Crippen molar-refractivity contribution in [1.82, 2.24) is 5.12 Å². The zero-order valence-electron chi connectivity index (χ0n) is 6.10. The fourth-order valence-corrected chi connectivity index (χ4v) is 1.21. The van der Waals surface area contributed by atoms with Crippen molar-refractivity contribution >= 4 is 0 Å². The number of halogens is 1. The summed E-state index contributed by atoms with van der Waals surface area (Å²) in [4.78, 5) is 0. The van der Waals surface area contributed by atoms with Crippen molar-refractivity contribution in [2.75, 3.05) is 13.1 Å². The molecule has 1 nitrogen and oxygen atoms in total. The smallest absolute Gasteiger partial charge is 0.0318 e. The van der Waals surface area contributed by atoms with E-state index in [1.54, 1.807) is 0 Å². The maximum Gasteiger partial charge on any atom is 0.0318 e. The molecule has 0 aliphatic carbocycles. The summed E-state index contributed by atoms with van der Waals surface area (Å²) < 4.78 is 12.4. The topological polar surface area (TPSA) is 3.24 Å². The lowest BCUT2D eigenvalue weighted by Gasteiger charge is -2.29. The molecule has 0 bridgehead atoms. The van der Waals surface area contributed by atoms with Gasteiger partial charge < -0.3 is 0 Å². The minimum absolute atomic E-state index is 0.531. The third kappa shape index (κ3) is 1.65. The van der Waals surface area contributed by atoms with E-state index < -0.39 is 0 Å². The minimum Gasteiger partial charge on any atom is -0.146 e. The average Bonchev–Trinajstić information content (AvgIpc) is 1.80. The van der Waals surface area contributed by atoms with Crippen LogP contribution >= 0.6 is 0 Å². The number of hydrogen-bond acceptors (Lipinski definition) is 1. The lowest BCUT2D eigenvalue weighted by Crippen LogP contribution is -2.32. The van der Waals surface area contributed by atoms with Crippen molar-refractivity contribution in [2.45, 2.75) is 20.3 Å². The molecule has 1 aliphatic heterocycles. The highest BCUT2D eigenvalue weighted by atomic mass is 19.2. The highest BCUT2D eigenvalue weighted by Gasteiger charge is 2.21. The van der Waals surface area contributed by atoms with Crippen molar-refractivity contribution in [2.24, 2.45) is 11.8 Å². The Morgan fingerprint density at radius 2 is 2.00 bits per heavy atom. The van der Waals surface area contributed by atoms with Crippen molar-refractivity contribution in [3.05, 3.63) is 0 Å². The fourth-order valence-electron chi connectivity index (χ4n) is 1.21. The van der Waals surface area contributed by atoms with E-state index in [1.165, 1.54) is 0 Å². The molecule has 1 fully saturated rings. The quantitative estimate of drug-likeness (QED) is 0.453. The van der Waals surface area contributed by atoms with Gasteiger partial charge in [-0.25, -0.2) is 0 Å². The molecule has 0 aromatic rings. The Kier molecular flexibility index (Phi) is 2.06. The Morgan fingerprint density at radius 1 is 1.33 bits per heavy atom. The third-order valence-corrected chi connectivity index (χ3v) is 2.28. The molecule has 1 unspecified atom stereocenters. The molecule has 1 aliphatic rings. The first-order chi connectivity index (χ1) is 4.20. The zero-order chi connectivity index (χ0) is 6.85. The molecule has 0 radical (unpaired) electrons. The molecule has 9 heavy (non-hydrogen) atoms. The number of piperidine rings is 1. The van der Waals surface area contributed by atoms with Crippen LogP contribution in [0.4, 0.5) is 4.48 Å². The summed E-state index contributed by atoms with van der Waals surface area (Å²) in [5.74, 6) is 1.24. The molecule has 0 aromatic carbocycles. The molecule has 0 aromatic heterocycles. The van der Waals surface area contributed by atoms with E-state index in [0.717, 1.165) is 11.5 Å². The third-order valence-electron chi connectivity index (χ3n) is 2.28. The van der Waals surface area contributed by atoms with E-state index in [0.29, 0.717) is 24.9 Å². The molecule has 2 heteroatoms. The summed E-state index contributed by atoms with van der Waals surface area (Å²) in [5, 5.41) is 0.921. The van der Waals surface area contributed by atoms with Crippen LogP contribution in [0.25, 0.3) is 0 Å². The number of nitrogens with zero attached hydrogens (tertiary/aromatic N) is 1. The fraction of sp³-hybridized carbons (Fsp3) is 1.00. The first-order valence-corrected chi connectivity index (χ1v) is 3.61. The van der Waals surface area contributed by atoms with Gasteiger partial charge in [0.2, 0.25) is 0 Å². The summed E-state index contributed by atoms with van der Waals surface area (Å²) in [6.07, 6.45) is 1.01. The molecule has 2 atom stereocenters. The van der Waals surface area contributed by atoms with Crippen molar-refractivity contribution in [1.29, 1.82) is 0 Å². The molecule has 0 saturated carbocycles. The lowest BCUT2D eigenvalue weighted by molar-refractivity contribution is -0.0294. The summed E-state index contributed by atoms with van der Waals surface area (Å²) in [7, 11) is 0. The Bertz CT molecular complexity index is 94.9. The van der Waals surface area contributed by atoms with Crippen LogP contribution in [0.5, 0.6) is 0 Å². The monoisotopic (exact) mass is 131 g/mol. The second-order valence-corrected chi connectivity index (χ2v) is 3.11. The molecular weight excluding hydrogens is 117 g/mol. The van der Waals surface area contributed by atoms with Crippen molar-refractivity contribution < 1.29 is 4.48 Å². The molecule has 0 N–H and O–H groups in total. The maximum absolute atomic E-state index is 12.4. The van der Waals surface area contributed by atoms with Crippen LogP contribution in [-0.4, -0.2) is 18.2 Å². The number of rotatable bonds is 0. The van der Waals surface area contributed by atoms with Crippen LogP contribution in [0.3, 0.4) is 0 Å². The normalized spacial score (nSPS) is 39.0. The highest BCUT2D eigenvalue weighted by Crippen LogP contribution is 2.21. The SMILES string of the molecule is CC1CN(F)CC[C@@H]1C. The van der Waals surface area contributed by atoms with Crippen molar-refractivity contribution in [3.63, 3.8) is 0 Å². The van der Waals surface area contributed by atoms with Gasteiger partial charge in [0.1, 0.15) is 0 Å². The van der Waals surface area contributed by atoms with Gasteiger partial charge in [-0.15, -0.1) is 9.60 Å². The molecule has 0 amide bonds. The van der Waals surface area contributed by atoms with E-state index in [1.807, 2.05) is 0 Å². The summed E-state index contributed by atoms with van der Waals surface area (Å²) in [5.41, 5.74) is 0. The molecule has 1 rings (SSSR count). The van der Waals surface area contributed by atoms with Gasteiger partial charge in [-0.3, -0.25) is 0 Å². The van der Waals surface area contributed by atoms with Gasteiger partial charge in [0.15, 0.2) is 0 Å². The van der Waals surface area contributed by atoms with E-state index in [-0.39, 0.29) is 0 Å². The van der Waals surface area contributed by atoms with Gasteiger partial charge in [0, 0.05) is 13.1 Å². The predicted octanol–water partition coefficient (Wildman–Crippen LogP) is 1.85. The van der Waals surface area contributed by atoms with Gasteiger partial charge in [0.05, 0.1) is 0 Å². The second kappa shape index (κ2) is 2.65. The van der Waals surface area contributed by atoms with Crippen LogP contribution in [0.2, 0.25) is 0 Å². The Balaban J connectivity index is 2.35. The summed E-state index contributed by atoms with van der Waals surface area (Å²) >= 11 is 0. The van der Waals surface area contributed by atoms with E-state index in [9.17, 15) is 4.48 Å². The van der Waals surface area contributed by atoms with E-state index >= 15 is 0 Å². The molecule has 54 valence electrons. The Morgan fingerprint density at radius 3 is 2.44 bits per heavy atom. The molecule has 1 heterocycles. The van der Waals surface area contributed by atoms with Gasteiger partial charge in [-0.1, -0.05) is 13.8 Å². The van der Waals surface area contributed by atoms with Gasteiger partial charge in [-0.2, -0.15) is 0 Å². The van der Waals surface area contributed by atoms with Crippen LogP contribution in [0.1, 0.15) is 20.3 Å². The Hall–Kier alpha value is -0.110. The highest BCUT2D eigenvalue weighted by molar-refractivity contribution is 4.70. The maximum atomic E-state index is 12.4. The van der Waals surface area contributed by atoms with Crippen molar-refractivity contribution in [3.8, 4) is 0 Å². The van der Waals surface area contributed by atoms with E-state index in [4.69, 9.17) is 0 Å². The largest absolute Gasteiger partial charge is 0.146 e. The minimum atomic E-state index is 0.531. The standard InChI is InChI=1S/C7H14FN/c1-6-3-4-9(8)5-7(6)2/h6-7H,3-5H2,1-2H3/t6-,7?/m0/s1. The predicted molar refractivity (Wildman–Crippen MR) is 35.6 cm³/mol. The van der Waals surface area contributed by atoms with E-state index in [2.05, 4.69) is 13.8 Å². The summed E-state index contributed by atoms with van der Waals surface area (Å²) in [6, 6.07) is 0. The average molecular weight is 131 g/mol. The number of hydrogen-bond donors (Lipinski definition) is 0. The van der Waals surface area contributed by atoms with Crippen LogP contribution in [0.15, 0.2) is 0 Å². The molecule has 0 spiro atoms. The molecule has 1 saturated heterocycles. The summed E-state index contributed by atoms with van der Waals surface area (Å²) in [6.45, 7) is 5.56.